The van der Waals surface area contributed by atoms with Gasteiger partial charge in [-0.2, -0.15) is 5.10 Å². The minimum atomic E-state index is -0.408. The molecule has 0 saturated carbocycles. The Balaban J connectivity index is 1.48. The lowest BCUT2D eigenvalue weighted by Crippen LogP contribution is -2.12. The normalized spacial score (nSPS) is 10.9. The summed E-state index contributed by atoms with van der Waals surface area (Å²) in [6.45, 7) is 3.71. The summed E-state index contributed by atoms with van der Waals surface area (Å²) in [6, 6.07) is 20.9. The molecule has 0 unspecified atom stereocenters. The van der Waals surface area contributed by atoms with Crippen LogP contribution in [0.3, 0.4) is 0 Å². The monoisotopic (exact) mass is 400 g/mol. The zero-order valence-corrected chi connectivity index (χ0v) is 16.6. The number of nitro groups is 1. The number of nitrogens with one attached hydrogen (secondary N) is 1. The minimum Gasteiger partial charge on any atom is -0.322 e. The third-order valence-electron chi connectivity index (χ3n) is 5.08. The summed E-state index contributed by atoms with van der Waals surface area (Å²) in [5, 5.41) is 20.5. The number of hydrogen-bond donors (Lipinski definition) is 1. The molecule has 0 aliphatic heterocycles. The number of carbonyl (C=O) groups is 1. The Labute approximate surface area is 173 Å². The summed E-state index contributed by atoms with van der Waals surface area (Å²) in [4.78, 5) is 23.3. The number of rotatable bonds is 5. The van der Waals surface area contributed by atoms with Gasteiger partial charge < -0.3 is 5.32 Å². The molecule has 7 nitrogen and oxygen atoms in total. The lowest BCUT2D eigenvalue weighted by molar-refractivity contribution is -0.386. The van der Waals surface area contributed by atoms with Gasteiger partial charge in [-0.3, -0.25) is 19.6 Å². The van der Waals surface area contributed by atoms with E-state index < -0.39 is 4.92 Å². The minimum absolute atomic E-state index is 0.0429. The van der Waals surface area contributed by atoms with Crippen molar-refractivity contribution in [2.24, 2.45) is 0 Å². The summed E-state index contributed by atoms with van der Waals surface area (Å²) in [5.41, 5.74) is 3.11. The van der Waals surface area contributed by atoms with Crippen molar-refractivity contribution in [1.82, 2.24) is 9.78 Å². The fourth-order valence-corrected chi connectivity index (χ4v) is 3.51. The van der Waals surface area contributed by atoms with Gasteiger partial charge >= 0.3 is 5.69 Å². The summed E-state index contributed by atoms with van der Waals surface area (Å²) in [5.74, 6) is -0.196. The molecule has 0 radical (unpaired) electrons. The molecule has 30 heavy (non-hydrogen) atoms. The molecule has 0 atom stereocenters. The maximum atomic E-state index is 12.6. The van der Waals surface area contributed by atoms with E-state index in [0.29, 0.717) is 23.5 Å². The molecular formula is C23H20N4O3. The first kappa shape index (κ1) is 19.3. The van der Waals surface area contributed by atoms with Crippen molar-refractivity contribution in [3.8, 4) is 0 Å². The summed E-state index contributed by atoms with van der Waals surface area (Å²) < 4.78 is 1.61. The van der Waals surface area contributed by atoms with Crippen molar-refractivity contribution in [1.29, 1.82) is 0 Å². The van der Waals surface area contributed by atoms with Crippen LogP contribution in [0.1, 0.15) is 27.3 Å². The van der Waals surface area contributed by atoms with Crippen LogP contribution in [0.2, 0.25) is 0 Å². The second-order valence-electron chi connectivity index (χ2n) is 7.15. The Morgan fingerprint density at radius 1 is 1.03 bits per heavy atom. The third-order valence-corrected chi connectivity index (χ3v) is 5.08. The second kappa shape index (κ2) is 7.79. The molecule has 1 amide bonds. The van der Waals surface area contributed by atoms with E-state index in [0.717, 1.165) is 22.0 Å². The Morgan fingerprint density at radius 3 is 2.40 bits per heavy atom. The third kappa shape index (κ3) is 3.77. The molecule has 0 fully saturated rings. The van der Waals surface area contributed by atoms with Gasteiger partial charge in [0.1, 0.15) is 11.4 Å². The van der Waals surface area contributed by atoms with E-state index in [4.69, 9.17) is 0 Å². The highest BCUT2D eigenvalue weighted by Gasteiger charge is 2.21. The zero-order valence-electron chi connectivity index (χ0n) is 16.6. The predicted molar refractivity (Wildman–Crippen MR) is 116 cm³/mol. The van der Waals surface area contributed by atoms with Crippen molar-refractivity contribution in [2.75, 3.05) is 5.32 Å². The molecule has 0 aliphatic rings. The number of fused-ring (bicyclic) bond motifs is 1. The molecule has 0 spiro atoms. The van der Waals surface area contributed by atoms with Crippen LogP contribution in [-0.2, 0) is 6.54 Å². The van der Waals surface area contributed by atoms with Crippen LogP contribution in [0.25, 0.3) is 10.8 Å². The Kier molecular flexibility index (Phi) is 5.02. The predicted octanol–water partition coefficient (Wildman–Crippen LogP) is 4.86. The van der Waals surface area contributed by atoms with Crippen LogP contribution in [0.4, 0.5) is 11.4 Å². The highest BCUT2D eigenvalue weighted by atomic mass is 16.6. The van der Waals surface area contributed by atoms with Crippen LogP contribution >= 0.6 is 0 Å². The molecule has 1 aromatic heterocycles. The van der Waals surface area contributed by atoms with E-state index in [1.54, 1.807) is 30.7 Å². The summed E-state index contributed by atoms with van der Waals surface area (Å²) in [7, 11) is 0. The fourth-order valence-electron chi connectivity index (χ4n) is 3.51. The average molecular weight is 400 g/mol. The topological polar surface area (TPSA) is 90.1 Å². The van der Waals surface area contributed by atoms with Gasteiger partial charge in [-0.1, -0.05) is 42.5 Å². The summed E-state index contributed by atoms with van der Waals surface area (Å²) in [6.07, 6.45) is 0. The van der Waals surface area contributed by atoms with E-state index >= 15 is 0 Å². The van der Waals surface area contributed by atoms with Gasteiger partial charge in [0.15, 0.2) is 0 Å². The number of aryl methyl sites for hydroxylation is 1. The number of aromatic nitrogens is 2. The van der Waals surface area contributed by atoms with Gasteiger partial charge in [-0.05, 0) is 54.4 Å². The fraction of sp³-hybridized carbons (Fsp3) is 0.130. The molecule has 7 heteroatoms. The standard InChI is InChI=1S/C23H20N4O3/c1-15-22(27(29)30)16(2)26(25-15)14-17-7-9-19(10-8-17)23(28)24-21-12-11-18-5-3-4-6-20(18)13-21/h3-13H,14H2,1-2H3,(H,24,28). The van der Waals surface area contributed by atoms with Crippen LogP contribution < -0.4 is 5.32 Å². The SMILES string of the molecule is Cc1nn(Cc2ccc(C(=O)Nc3ccc4ccccc4c3)cc2)c(C)c1[N+](=O)[O-]. The molecule has 0 saturated heterocycles. The molecular weight excluding hydrogens is 380 g/mol. The second-order valence-corrected chi connectivity index (χ2v) is 7.15. The van der Waals surface area contributed by atoms with E-state index in [9.17, 15) is 14.9 Å². The van der Waals surface area contributed by atoms with Gasteiger partial charge in [-0.25, -0.2) is 0 Å². The van der Waals surface area contributed by atoms with Crippen LogP contribution in [0.5, 0.6) is 0 Å². The number of anilines is 1. The van der Waals surface area contributed by atoms with E-state index in [-0.39, 0.29) is 11.6 Å². The molecule has 0 bridgehead atoms. The molecule has 1 N–H and O–H groups in total. The Bertz CT molecular complexity index is 1260. The highest BCUT2D eigenvalue weighted by molar-refractivity contribution is 6.05. The van der Waals surface area contributed by atoms with E-state index in [1.807, 2.05) is 54.6 Å². The Hall–Kier alpha value is -4.00. The van der Waals surface area contributed by atoms with Crippen molar-refractivity contribution >= 4 is 28.1 Å². The highest BCUT2D eigenvalue weighted by Crippen LogP contribution is 2.23. The number of hydrogen-bond acceptors (Lipinski definition) is 4. The van der Waals surface area contributed by atoms with E-state index in [2.05, 4.69) is 10.4 Å². The molecule has 0 aliphatic carbocycles. The molecule has 4 aromatic rings. The molecule has 3 aromatic carbocycles. The van der Waals surface area contributed by atoms with Crippen molar-refractivity contribution in [3.05, 3.63) is 99.4 Å². The van der Waals surface area contributed by atoms with Gasteiger partial charge in [0, 0.05) is 11.3 Å². The number of amides is 1. The van der Waals surface area contributed by atoms with Crippen molar-refractivity contribution in [2.45, 2.75) is 20.4 Å². The smallest absolute Gasteiger partial charge is 0.312 e. The quantitative estimate of drug-likeness (QED) is 0.383. The van der Waals surface area contributed by atoms with Crippen molar-refractivity contribution < 1.29 is 9.72 Å². The first-order chi connectivity index (χ1) is 14.4. The maximum Gasteiger partial charge on any atom is 0.312 e. The lowest BCUT2D eigenvalue weighted by Gasteiger charge is -2.08. The number of carbonyl (C=O) groups excluding carboxylic acids is 1. The van der Waals surface area contributed by atoms with Crippen LogP contribution in [-0.4, -0.2) is 20.6 Å². The first-order valence-corrected chi connectivity index (χ1v) is 9.50. The van der Waals surface area contributed by atoms with Crippen LogP contribution in [0.15, 0.2) is 66.7 Å². The number of nitrogens with zero attached hydrogens (tertiary/aromatic N) is 3. The number of benzene rings is 3. The van der Waals surface area contributed by atoms with Gasteiger partial charge in [0.25, 0.3) is 5.91 Å². The molecule has 4 rings (SSSR count). The first-order valence-electron chi connectivity index (χ1n) is 9.50. The average Bonchev–Trinajstić information content (AvgIpc) is 3.01. The van der Waals surface area contributed by atoms with Gasteiger partial charge in [0.05, 0.1) is 11.5 Å². The van der Waals surface area contributed by atoms with Crippen LogP contribution in [0, 0.1) is 24.0 Å². The van der Waals surface area contributed by atoms with E-state index in [1.165, 1.54) is 0 Å². The van der Waals surface area contributed by atoms with Gasteiger partial charge in [-0.15, -0.1) is 0 Å². The maximum absolute atomic E-state index is 12.6. The Morgan fingerprint density at radius 2 is 1.73 bits per heavy atom. The summed E-state index contributed by atoms with van der Waals surface area (Å²) >= 11 is 0. The largest absolute Gasteiger partial charge is 0.322 e. The molecule has 1 heterocycles. The lowest BCUT2D eigenvalue weighted by atomic mass is 10.1. The molecule has 150 valence electrons. The van der Waals surface area contributed by atoms with Gasteiger partial charge in [0.2, 0.25) is 0 Å². The zero-order chi connectivity index (χ0) is 21.3. The van der Waals surface area contributed by atoms with Crippen molar-refractivity contribution in [3.63, 3.8) is 0 Å².